The molecule has 7 heteroatoms. The Morgan fingerprint density at radius 1 is 1.33 bits per heavy atom. The maximum atomic E-state index is 12.5. The summed E-state index contributed by atoms with van der Waals surface area (Å²) in [6.45, 7) is 5.58. The summed E-state index contributed by atoms with van der Waals surface area (Å²) in [5.41, 5.74) is 8.96. The highest BCUT2D eigenvalue weighted by molar-refractivity contribution is 7.17. The smallest absolute Gasteiger partial charge is 0.322 e. The van der Waals surface area contributed by atoms with Crippen LogP contribution in [0, 0.1) is 0 Å². The van der Waals surface area contributed by atoms with Crippen LogP contribution in [0.1, 0.15) is 46.3 Å². The number of hydrogen-bond acceptors (Lipinski definition) is 4. The minimum atomic E-state index is -0.589. The van der Waals surface area contributed by atoms with E-state index in [1.807, 2.05) is 0 Å². The third-order valence-electron chi connectivity index (χ3n) is 4.14. The number of aromatic nitrogens is 1. The standard InChI is InChI=1S/C17H20N4O2S/c1-10(2)12-4-3-11-5-6-21(9-13(11)7-12)17(23)20-14-8-19-16(24-14)15(18)22/h3-4,7-8,10H,5-6,9H2,1-2H3,(H2,18,22)(H,20,23). The number of primary amides is 1. The van der Waals surface area contributed by atoms with Crippen molar-refractivity contribution in [3.05, 3.63) is 46.1 Å². The summed E-state index contributed by atoms with van der Waals surface area (Å²) >= 11 is 1.08. The first-order chi connectivity index (χ1) is 11.4. The van der Waals surface area contributed by atoms with E-state index >= 15 is 0 Å². The highest BCUT2D eigenvalue weighted by atomic mass is 32.1. The predicted molar refractivity (Wildman–Crippen MR) is 94.3 cm³/mol. The fourth-order valence-corrected chi connectivity index (χ4v) is 3.40. The summed E-state index contributed by atoms with van der Waals surface area (Å²) in [6, 6.07) is 6.34. The number of nitrogens with one attached hydrogen (secondary N) is 1. The van der Waals surface area contributed by atoms with E-state index in [9.17, 15) is 9.59 Å². The van der Waals surface area contributed by atoms with E-state index in [0.717, 1.165) is 17.8 Å². The van der Waals surface area contributed by atoms with Gasteiger partial charge in [-0.05, 0) is 29.0 Å². The van der Waals surface area contributed by atoms with Crippen molar-refractivity contribution < 1.29 is 9.59 Å². The Balaban J connectivity index is 1.70. The summed E-state index contributed by atoms with van der Waals surface area (Å²) in [7, 11) is 0. The largest absolute Gasteiger partial charge is 0.364 e. The van der Waals surface area contributed by atoms with Crippen molar-refractivity contribution in [3.8, 4) is 0 Å². The topological polar surface area (TPSA) is 88.3 Å². The summed E-state index contributed by atoms with van der Waals surface area (Å²) in [5, 5.41) is 3.50. The van der Waals surface area contributed by atoms with Crippen molar-refractivity contribution >= 4 is 28.3 Å². The molecule has 1 aliphatic heterocycles. The fourth-order valence-electron chi connectivity index (χ4n) is 2.74. The molecule has 3 N–H and O–H groups in total. The minimum absolute atomic E-state index is 0.185. The Morgan fingerprint density at radius 3 is 2.79 bits per heavy atom. The van der Waals surface area contributed by atoms with Gasteiger partial charge in [0.05, 0.1) is 6.20 Å². The summed E-state index contributed by atoms with van der Waals surface area (Å²) in [5.74, 6) is -0.127. The lowest BCUT2D eigenvalue weighted by Crippen LogP contribution is -2.38. The second-order valence-electron chi connectivity index (χ2n) is 6.18. The Labute approximate surface area is 144 Å². The second-order valence-corrected chi connectivity index (χ2v) is 7.21. The van der Waals surface area contributed by atoms with E-state index in [2.05, 4.69) is 42.3 Å². The van der Waals surface area contributed by atoms with Crippen molar-refractivity contribution in [3.63, 3.8) is 0 Å². The minimum Gasteiger partial charge on any atom is -0.364 e. The van der Waals surface area contributed by atoms with E-state index < -0.39 is 5.91 Å². The van der Waals surface area contributed by atoms with Crippen LogP contribution in [-0.2, 0) is 13.0 Å². The van der Waals surface area contributed by atoms with Crippen LogP contribution >= 0.6 is 11.3 Å². The zero-order chi connectivity index (χ0) is 17.3. The molecule has 0 spiro atoms. The highest BCUT2D eigenvalue weighted by Gasteiger charge is 2.22. The molecule has 2 heterocycles. The highest BCUT2D eigenvalue weighted by Crippen LogP contribution is 2.25. The van der Waals surface area contributed by atoms with E-state index in [1.54, 1.807) is 4.90 Å². The number of thiazole rings is 1. The first-order valence-corrected chi connectivity index (χ1v) is 8.69. The van der Waals surface area contributed by atoms with Gasteiger partial charge < -0.3 is 10.6 Å². The van der Waals surface area contributed by atoms with Crippen LogP contribution in [0.5, 0.6) is 0 Å². The average Bonchev–Trinajstić information content (AvgIpc) is 3.02. The molecule has 1 aliphatic rings. The van der Waals surface area contributed by atoms with Gasteiger partial charge in [-0.1, -0.05) is 43.4 Å². The third-order valence-corrected chi connectivity index (χ3v) is 5.07. The van der Waals surface area contributed by atoms with Gasteiger partial charge in [-0.15, -0.1) is 0 Å². The maximum absolute atomic E-state index is 12.5. The van der Waals surface area contributed by atoms with Gasteiger partial charge >= 0.3 is 6.03 Å². The van der Waals surface area contributed by atoms with Gasteiger partial charge in [0.25, 0.3) is 5.91 Å². The second kappa shape index (κ2) is 6.60. The van der Waals surface area contributed by atoms with Crippen molar-refractivity contribution in [2.24, 2.45) is 5.73 Å². The fraction of sp³-hybridized carbons (Fsp3) is 0.353. The molecule has 6 nitrogen and oxygen atoms in total. The molecule has 126 valence electrons. The molecule has 1 aromatic heterocycles. The summed E-state index contributed by atoms with van der Waals surface area (Å²) < 4.78 is 0. The first-order valence-electron chi connectivity index (χ1n) is 7.87. The monoisotopic (exact) mass is 344 g/mol. The number of amides is 3. The van der Waals surface area contributed by atoms with E-state index in [0.29, 0.717) is 24.0 Å². The zero-order valence-electron chi connectivity index (χ0n) is 13.7. The number of benzene rings is 1. The molecular weight excluding hydrogens is 324 g/mol. The van der Waals surface area contributed by atoms with E-state index in [4.69, 9.17) is 5.73 Å². The summed E-state index contributed by atoms with van der Waals surface area (Å²) in [6.07, 6.45) is 2.30. The van der Waals surface area contributed by atoms with Crippen LogP contribution < -0.4 is 11.1 Å². The van der Waals surface area contributed by atoms with Gasteiger partial charge in [0.2, 0.25) is 0 Å². The lowest BCUT2D eigenvalue weighted by Gasteiger charge is -2.29. The van der Waals surface area contributed by atoms with Crippen molar-refractivity contribution in [1.82, 2.24) is 9.88 Å². The van der Waals surface area contributed by atoms with E-state index in [1.165, 1.54) is 22.9 Å². The van der Waals surface area contributed by atoms with Crippen LogP contribution in [0.15, 0.2) is 24.4 Å². The van der Waals surface area contributed by atoms with Crippen LogP contribution in [0.3, 0.4) is 0 Å². The molecule has 0 bridgehead atoms. The Morgan fingerprint density at radius 2 is 2.12 bits per heavy atom. The number of nitrogens with two attached hydrogens (primary N) is 1. The van der Waals surface area contributed by atoms with Crippen molar-refractivity contribution in [2.75, 3.05) is 11.9 Å². The molecule has 0 saturated heterocycles. The van der Waals surface area contributed by atoms with Gasteiger partial charge in [0.1, 0.15) is 5.00 Å². The third kappa shape index (κ3) is 3.41. The number of fused-ring (bicyclic) bond motifs is 1. The summed E-state index contributed by atoms with van der Waals surface area (Å²) in [4.78, 5) is 29.2. The Kier molecular flexibility index (Phi) is 4.53. The molecule has 0 aliphatic carbocycles. The van der Waals surface area contributed by atoms with Gasteiger partial charge in [-0.2, -0.15) is 0 Å². The molecule has 0 saturated carbocycles. The lowest BCUT2D eigenvalue weighted by molar-refractivity contribution is 0.1000. The molecule has 3 amide bonds. The lowest BCUT2D eigenvalue weighted by atomic mass is 9.93. The van der Waals surface area contributed by atoms with Gasteiger partial charge in [-0.25, -0.2) is 9.78 Å². The molecule has 1 aromatic carbocycles. The number of carbonyl (C=O) groups is 2. The quantitative estimate of drug-likeness (QED) is 0.897. The number of rotatable bonds is 3. The molecule has 0 fully saturated rings. The normalized spacial score (nSPS) is 13.7. The SMILES string of the molecule is CC(C)c1ccc2c(c1)CN(C(=O)Nc1cnc(C(N)=O)s1)CC2. The van der Waals surface area contributed by atoms with Gasteiger partial charge in [0, 0.05) is 13.1 Å². The Bertz CT molecular complexity index is 785. The number of hydrogen-bond donors (Lipinski definition) is 2. The molecule has 2 aromatic rings. The Hall–Kier alpha value is -2.41. The van der Waals surface area contributed by atoms with Crippen LogP contribution in [0.2, 0.25) is 0 Å². The number of carbonyl (C=O) groups excluding carboxylic acids is 2. The van der Waals surface area contributed by atoms with Crippen LogP contribution in [-0.4, -0.2) is 28.4 Å². The molecule has 0 radical (unpaired) electrons. The van der Waals surface area contributed by atoms with Crippen LogP contribution in [0.25, 0.3) is 0 Å². The predicted octanol–water partition coefficient (Wildman–Crippen LogP) is 2.96. The first kappa shape index (κ1) is 16.4. The number of nitrogens with zero attached hydrogens (tertiary/aromatic N) is 2. The number of anilines is 1. The van der Waals surface area contributed by atoms with Crippen molar-refractivity contribution in [1.29, 1.82) is 0 Å². The molecule has 24 heavy (non-hydrogen) atoms. The van der Waals surface area contributed by atoms with Crippen LogP contribution in [0.4, 0.5) is 9.80 Å². The molecule has 3 rings (SSSR count). The van der Waals surface area contributed by atoms with Gasteiger partial charge in [0.15, 0.2) is 5.01 Å². The molecule has 0 atom stereocenters. The maximum Gasteiger partial charge on any atom is 0.322 e. The number of urea groups is 1. The average molecular weight is 344 g/mol. The van der Waals surface area contributed by atoms with E-state index in [-0.39, 0.29) is 11.0 Å². The zero-order valence-corrected chi connectivity index (χ0v) is 14.5. The molecule has 0 unspecified atom stereocenters. The van der Waals surface area contributed by atoms with Gasteiger partial charge in [-0.3, -0.25) is 10.1 Å². The molecular formula is C17H20N4O2S. The van der Waals surface area contributed by atoms with Crippen molar-refractivity contribution in [2.45, 2.75) is 32.7 Å².